The van der Waals surface area contributed by atoms with Crippen molar-refractivity contribution in [3.05, 3.63) is 48.0 Å². The molecule has 0 aromatic heterocycles. The number of benzene rings is 2. The van der Waals surface area contributed by atoms with Gasteiger partial charge in [-0.05, 0) is 36.8 Å². The number of fused-ring (bicyclic) bond motifs is 2. The average molecular weight is 353 g/mol. The summed E-state index contributed by atoms with van der Waals surface area (Å²) >= 11 is 0. The molecule has 0 saturated heterocycles. The molecule has 2 amide bonds. The number of nitrogens with zero attached hydrogens (tertiary/aromatic N) is 1. The quantitative estimate of drug-likeness (QED) is 0.877. The molecule has 0 spiro atoms. The molecule has 1 atom stereocenters. The first-order valence-electron chi connectivity index (χ1n) is 8.43. The van der Waals surface area contributed by atoms with Crippen LogP contribution in [-0.2, 0) is 16.1 Å². The highest BCUT2D eigenvalue weighted by atomic mass is 16.7. The minimum Gasteiger partial charge on any atom is -0.454 e. The minimum absolute atomic E-state index is 0.126. The van der Waals surface area contributed by atoms with E-state index in [9.17, 15) is 9.59 Å². The number of rotatable bonds is 4. The van der Waals surface area contributed by atoms with Crippen molar-refractivity contribution in [3.8, 4) is 11.5 Å². The summed E-state index contributed by atoms with van der Waals surface area (Å²) in [4.78, 5) is 26.4. The van der Waals surface area contributed by atoms with E-state index in [1.54, 1.807) is 6.92 Å². The molecule has 26 heavy (non-hydrogen) atoms. The van der Waals surface area contributed by atoms with E-state index in [1.165, 1.54) is 0 Å². The second kappa shape index (κ2) is 6.59. The highest BCUT2D eigenvalue weighted by molar-refractivity contribution is 6.03. The number of hydrogen-bond donors (Lipinski definition) is 2. The fourth-order valence-electron chi connectivity index (χ4n) is 3.13. The maximum absolute atomic E-state index is 12.6. The fourth-order valence-corrected chi connectivity index (χ4v) is 3.13. The van der Waals surface area contributed by atoms with Crippen LogP contribution in [0.2, 0.25) is 0 Å². The smallest absolute Gasteiger partial charge is 0.243 e. The van der Waals surface area contributed by atoms with Crippen molar-refractivity contribution in [2.75, 3.05) is 23.6 Å². The molecule has 0 saturated carbocycles. The Morgan fingerprint density at radius 3 is 2.92 bits per heavy atom. The lowest BCUT2D eigenvalue weighted by Crippen LogP contribution is -2.50. The molecule has 2 aliphatic heterocycles. The third-order valence-corrected chi connectivity index (χ3v) is 4.55. The van der Waals surface area contributed by atoms with Crippen LogP contribution in [-0.4, -0.2) is 31.2 Å². The van der Waals surface area contributed by atoms with Crippen molar-refractivity contribution < 1.29 is 19.1 Å². The Labute approximate surface area is 150 Å². The Kier molecular flexibility index (Phi) is 4.12. The van der Waals surface area contributed by atoms with Gasteiger partial charge in [-0.2, -0.15) is 0 Å². The monoisotopic (exact) mass is 353 g/mol. The SMILES string of the molecule is CC(C(=O)NCc1ccc2c(c1)OCO2)N1CC(=O)Nc2ccccc21. The van der Waals surface area contributed by atoms with Crippen molar-refractivity contribution in [1.29, 1.82) is 0 Å². The van der Waals surface area contributed by atoms with Gasteiger partial charge < -0.3 is 25.0 Å². The van der Waals surface area contributed by atoms with Crippen LogP contribution in [0, 0.1) is 0 Å². The molecule has 134 valence electrons. The summed E-state index contributed by atoms with van der Waals surface area (Å²) in [7, 11) is 0. The molecule has 0 radical (unpaired) electrons. The van der Waals surface area contributed by atoms with Crippen LogP contribution >= 0.6 is 0 Å². The summed E-state index contributed by atoms with van der Waals surface area (Å²) in [5, 5.41) is 5.75. The van der Waals surface area contributed by atoms with Gasteiger partial charge in [-0.15, -0.1) is 0 Å². The predicted molar refractivity (Wildman–Crippen MR) is 96.3 cm³/mol. The van der Waals surface area contributed by atoms with Crippen LogP contribution in [0.5, 0.6) is 11.5 Å². The zero-order valence-electron chi connectivity index (χ0n) is 14.3. The maximum atomic E-state index is 12.6. The molecule has 2 N–H and O–H groups in total. The lowest BCUT2D eigenvalue weighted by molar-refractivity contribution is -0.122. The van der Waals surface area contributed by atoms with Crippen molar-refractivity contribution in [3.63, 3.8) is 0 Å². The van der Waals surface area contributed by atoms with Crippen molar-refractivity contribution in [1.82, 2.24) is 5.32 Å². The first-order valence-corrected chi connectivity index (χ1v) is 8.43. The number of ether oxygens (including phenoxy) is 2. The summed E-state index contributed by atoms with van der Waals surface area (Å²) in [6.45, 7) is 2.54. The Bertz CT molecular complexity index is 868. The highest BCUT2D eigenvalue weighted by Gasteiger charge is 2.29. The van der Waals surface area contributed by atoms with E-state index in [0.717, 1.165) is 16.9 Å². The van der Waals surface area contributed by atoms with Crippen molar-refractivity contribution in [2.24, 2.45) is 0 Å². The van der Waals surface area contributed by atoms with Gasteiger partial charge in [0.15, 0.2) is 11.5 Å². The molecule has 7 heteroatoms. The molecule has 2 aromatic rings. The van der Waals surface area contributed by atoms with Crippen LogP contribution in [0.4, 0.5) is 11.4 Å². The molecular formula is C19H19N3O4. The first-order chi connectivity index (χ1) is 12.6. The topological polar surface area (TPSA) is 79.9 Å². The van der Waals surface area contributed by atoms with E-state index in [4.69, 9.17) is 9.47 Å². The maximum Gasteiger partial charge on any atom is 0.243 e. The van der Waals surface area contributed by atoms with Gasteiger partial charge in [0.05, 0.1) is 17.9 Å². The largest absolute Gasteiger partial charge is 0.454 e. The van der Waals surface area contributed by atoms with Crippen LogP contribution in [0.3, 0.4) is 0 Å². The second-order valence-corrected chi connectivity index (χ2v) is 6.27. The molecule has 2 aliphatic rings. The van der Waals surface area contributed by atoms with E-state index in [2.05, 4.69) is 10.6 Å². The number of nitrogens with one attached hydrogen (secondary N) is 2. The van der Waals surface area contributed by atoms with E-state index >= 15 is 0 Å². The van der Waals surface area contributed by atoms with Gasteiger partial charge in [-0.25, -0.2) is 0 Å². The van der Waals surface area contributed by atoms with Gasteiger partial charge in [0.25, 0.3) is 0 Å². The Morgan fingerprint density at radius 1 is 1.23 bits per heavy atom. The average Bonchev–Trinajstić information content (AvgIpc) is 3.12. The van der Waals surface area contributed by atoms with Crippen LogP contribution < -0.4 is 25.0 Å². The van der Waals surface area contributed by atoms with Gasteiger partial charge >= 0.3 is 0 Å². The summed E-state index contributed by atoms with van der Waals surface area (Å²) in [6, 6.07) is 12.6. The third-order valence-electron chi connectivity index (χ3n) is 4.55. The lowest BCUT2D eigenvalue weighted by Gasteiger charge is -2.34. The summed E-state index contributed by atoms with van der Waals surface area (Å²) in [5.41, 5.74) is 2.49. The number of amides is 2. The van der Waals surface area contributed by atoms with Crippen LogP contribution in [0.25, 0.3) is 0 Å². The molecule has 0 fully saturated rings. The lowest BCUT2D eigenvalue weighted by atomic mass is 10.1. The molecule has 2 aromatic carbocycles. The summed E-state index contributed by atoms with van der Waals surface area (Å²) in [5.74, 6) is 1.13. The standard InChI is InChI=1S/C19H19N3O4/c1-12(22-10-18(23)21-14-4-2-3-5-15(14)22)19(24)20-9-13-6-7-16-17(8-13)26-11-25-16/h2-8,12H,9-11H2,1H3,(H,20,24)(H,21,23). The van der Waals surface area contributed by atoms with Gasteiger partial charge in [-0.1, -0.05) is 18.2 Å². The molecule has 4 rings (SSSR count). The van der Waals surface area contributed by atoms with Gasteiger partial charge in [-0.3, -0.25) is 9.59 Å². The Balaban J connectivity index is 1.44. The van der Waals surface area contributed by atoms with E-state index in [0.29, 0.717) is 18.0 Å². The second-order valence-electron chi connectivity index (χ2n) is 6.27. The zero-order valence-corrected chi connectivity index (χ0v) is 14.3. The molecular weight excluding hydrogens is 334 g/mol. The van der Waals surface area contributed by atoms with Crippen LogP contribution in [0.15, 0.2) is 42.5 Å². The van der Waals surface area contributed by atoms with Gasteiger partial charge in [0, 0.05) is 6.54 Å². The molecule has 2 heterocycles. The summed E-state index contributed by atoms with van der Waals surface area (Å²) < 4.78 is 10.6. The van der Waals surface area contributed by atoms with E-state index in [1.807, 2.05) is 47.4 Å². The molecule has 0 bridgehead atoms. The zero-order chi connectivity index (χ0) is 18.1. The minimum atomic E-state index is -0.476. The summed E-state index contributed by atoms with van der Waals surface area (Å²) in [6.07, 6.45) is 0. The Hall–Kier alpha value is -3.22. The van der Waals surface area contributed by atoms with Gasteiger partial charge in [0.2, 0.25) is 18.6 Å². The first kappa shape index (κ1) is 16.3. The Morgan fingerprint density at radius 2 is 2.04 bits per heavy atom. The number of anilines is 2. The normalized spacial score (nSPS) is 15.9. The number of hydrogen-bond acceptors (Lipinski definition) is 5. The number of carbonyl (C=O) groups excluding carboxylic acids is 2. The number of para-hydroxylation sites is 2. The molecule has 1 unspecified atom stereocenters. The van der Waals surface area contributed by atoms with Crippen molar-refractivity contribution in [2.45, 2.75) is 19.5 Å². The van der Waals surface area contributed by atoms with E-state index < -0.39 is 6.04 Å². The van der Waals surface area contributed by atoms with Crippen LogP contribution in [0.1, 0.15) is 12.5 Å². The predicted octanol–water partition coefficient (Wildman–Crippen LogP) is 1.88. The van der Waals surface area contributed by atoms with E-state index in [-0.39, 0.29) is 25.2 Å². The molecule has 0 aliphatic carbocycles. The highest BCUT2D eigenvalue weighted by Crippen LogP contribution is 2.33. The van der Waals surface area contributed by atoms with Crippen molar-refractivity contribution >= 4 is 23.2 Å². The fraction of sp³-hybridized carbons (Fsp3) is 0.263. The third kappa shape index (κ3) is 3.03. The number of carbonyl (C=O) groups is 2. The van der Waals surface area contributed by atoms with Gasteiger partial charge in [0.1, 0.15) is 6.04 Å². The molecule has 7 nitrogen and oxygen atoms in total.